The van der Waals surface area contributed by atoms with Crippen molar-refractivity contribution >= 4 is 20.0 Å². The Kier molecular flexibility index (Phi) is 55.5. The Morgan fingerprint density at radius 2 is 0.279 bits per heavy atom. The topological polar surface area (TPSA) is 36.9 Å². The van der Waals surface area contributed by atoms with E-state index in [1.807, 2.05) is 0 Å². The van der Waals surface area contributed by atoms with Crippen molar-refractivity contribution in [1.29, 1.82) is 0 Å². The summed E-state index contributed by atoms with van der Waals surface area (Å²) in [5.41, 5.74) is 0. The van der Waals surface area contributed by atoms with Crippen LogP contribution in [-0.2, 0) is 12.3 Å². The van der Waals surface area contributed by atoms with Crippen LogP contribution in [0, 0.1) is 0 Å². The molecular weight excluding hydrogens is 855 g/mol. The van der Waals surface area contributed by atoms with Crippen molar-refractivity contribution in [2.24, 2.45) is 0 Å². The standard InChI is InChI=1S/4C14H29O.Sn/c4*1-2-3-4-5-6-7-8-9-10-11-12-13-14-15;/h4*2-14H2,1H3;/q4*-1;+4. The van der Waals surface area contributed by atoms with Crippen molar-refractivity contribution in [3.63, 3.8) is 0 Å². The first-order valence-corrected chi connectivity index (χ1v) is 33.5. The quantitative estimate of drug-likeness (QED) is 0.0450. The fourth-order valence-electron chi connectivity index (χ4n) is 8.81. The van der Waals surface area contributed by atoms with Crippen LogP contribution in [0.15, 0.2) is 0 Å². The monoisotopic (exact) mass is 973 g/mol. The van der Waals surface area contributed by atoms with Gasteiger partial charge in [0.25, 0.3) is 0 Å². The van der Waals surface area contributed by atoms with Crippen molar-refractivity contribution in [3.8, 4) is 0 Å². The molecule has 0 N–H and O–H groups in total. The predicted molar refractivity (Wildman–Crippen MR) is 274 cm³/mol. The molecule has 61 heavy (non-hydrogen) atoms. The van der Waals surface area contributed by atoms with E-state index in [9.17, 15) is 0 Å². The molecule has 0 aliphatic carbocycles. The van der Waals surface area contributed by atoms with Crippen molar-refractivity contribution in [2.45, 2.75) is 336 Å². The van der Waals surface area contributed by atoms with Crippen molar-refractivity contribution in [2.75, 3.05) is 26.4 Å². The molecule has 0 bridgehead atoms. The molecule has 368 valence electrons. The smallest absolute Gasteiger partial charge is 0.0654 e. The molecule has 0 amide bonds. The van der Waals surface area contributed by atoms with Crippen molar-refractivity contribution < 1.29 is 12.3 Å². The van der Waals surface area contributed by atoms with Crippen LogP contribution >= 0.6 is 0 Å². The second kappa shape index (κ2) is 55.0. The molecule has 0 rings (SSSR count). The van der Waals surface area contributed by atoms with Gasteiger partial charge in [-0.2, -0.15) is 0 Å². The molecule has 0 saturated carbocycles. The average Bonchev–Trinajstić information content (AvgIpc) is 3.27. The van der Waals surface area contributed by atoms with E-state index in [0.717, 1.165) is 52.1 Å². The Morgan fingerprint density at radius 3 is 0.410 bits per heavy atom. The van der Waals surface area contributed by atoms with Crippen LogP contribution < -0.4 is 0 Å². The molecule has 0 aromatic carbocycles. The number of hydrogen-bond acceptors (Lipinski definition) is 4. The molecule has 0 aliphatic rings. The van der Waals surface area contributed by atoms with Gasteiger partial charge in [0.15, 0.2) is 0 Å². The fourth-order valence-corrected chi connectivity index (χ4v) is 14.7. The van der Waals surface area contributed by atoms with Gasteiger partial charge in [-0.25, -0.2) is 0 Å². The Balaban J connectivity index is 4.92. The molecule has 4 nitrogen and oxygen atoms in total. The zero-order valence-corrected chi connectivity index (χ0v) is 45.8. The van der Waals surface area contributed by atoms with Gasteiger partial charge in [-0.05, 0) is 0 Å². The normalized spacial score (nSPS) is 12.0. The van der Waals surface area contributed by atoms with Crippen molar-refractivity contribution in [1.82, 2.24) is 0 Å². The molecule has 0 spiro atoms. The van der Waals surface area contributed by atoms with Crippen LogP contribution in [0.25, 0.3) is 0 Å². The number of unbranched alkanes of at least 4 members (excludes halogenated alkanes) is 44. The third-order valence-corrected chi connectivity index (χ3v) is 19.5. The fraction of sp³-hybridized carbons (Fsp3) is 1.00. The van der Waals surface area contributed by atoms with E-state index in [-0.39, 0.29) is 0 Å². The summed E-state index contributed by atoms with van der Waals surface area (Å²) in [7, 11) is 0. The van der Waals surface area contributed by atoms with Gasteiger partial charge < -0.3 is 0 Å². The van der Waals surface area contributed by atoms with Crippen LogP contribution in [0.2, 0.25) is 0 Å². The summed E-state index contributed by atoms with van der Waals surface area (Å²) in [4.78, 5) is 0. The first kappa shape index (κ1) is 61.6. The van der Waals surface area contributed by atoms with Gasteiger partial charge in [0.1, 0.15) is 0 Å². The van der Waals surface area contributed by atoms with E-state index in [0.29, 0.717) is 0 Å². The van der Waals surface area contributed by atoms with Crippen LogP contribution in [0.5, 0.6) is 0 Å². The molecule has 0 atom stereocenters. The zero-order valence-electron chi connectivity index (χ0n) is 42.9. The molecule has 0 saturated heterocycles. The average molecular weight is 972 g/mol. The third-order valence-electron chi connectivity index (χ3n) is 13.1. The zero-order chi connectivity index (χ0) is 44.1. The second-order valence-electron chi connectivity index (χ2n) is 19.5. The Labute approximate surface area is 392 Å². The molecule has 0 aliphatic heterocycles. The predicted octanol–water partition coefficient (Wildman–Crippen LogP) is 20.3. The number of hydrogen-bond donors (Lipinski definition) is 0. The first-order valence-electron chi connectivity index (χ1n) is 28.8. The van der Waals surface area contributed by atoms with Gasteiger partial charge in [-0.1, -0.05) is 79.1 Å². The Bertz CT molecular complexity index is 639. The van der Waals surface area contributed by atoms with Crippen LogP contribution in [0.3, 0.4) is 0 Å². The van der Waals surface area contributed by atoms with E-state index < -0.39 is 20.0 Å². The van der Waals surface area contributed by atoms with E-state index in [1.54, 1.807) is 0 Å². The number of rotatable bonds is 56. The summed E-state index contributed by atoms with van der Waals surface area (Å²) in [5.74, 6) is 0. The van der Waals surface area contributed by atoms with Gasteiger partial charge in [-0.3, -0.25) is 0 Å². The van der Waals surface area contributed by atoms with Crippen LogP contribution in [0.1, 0.15) is 336 Å². The maximum atomic E-state index is 6.79. The molecule has 0 unspecified atom stereocenters. The molecule has 0 radical (unpaired) electrons. The molecule has 5 heteroatoms. The van der Waals surface area contributed by atoms with Gasteiger partial charge in [0.2, 0.25) is 0 Å². The van der Waals surface area contributed by atoms with Gasteiger partial charge in [0, 0.05) is 0 Å². The van der Waals surface area contributed by atoms with E-state index in [4.69, 9.17) is 12.3 Å². The summed E-state index contributed by atoms with van der Waals surface area (Å²) >= 11 is -4.15. The van der Waals surface area contributed by atoms with Gasteiger partial charge in [-0.15, -0.1) is 0 Å². The Morgan fingerprint density at radius 1 is 0.164 bits per heavy atom. The van der Waals surface area contributed by atoms with Crippen molar-refractivity contribution in [3.05, 3.63) is 0 Å². The van der Waals surface area contributed by atoms with E-state index in [1.165, 1.54) is 283 Å². The molecule has 0 aromatic rings. The summed E-state index contributed by atoms with van der Waals surface area (Å²) in [5, 5.41) is 0. The van der Waals surface area contributed by atoms with E-state index in [2.05, 4.69) is 27.7 Å². The molecular formula is C56H116O4Sn. The second-order valence-corrected chi connectivity index (χ2v) is 25.6. The summed E-state index contributed by atoms with van der Waals surface area (Å²) in [6, 6.07) is 0. The summed E-state index contributed by atoms with van der Waals surface area (Å²) < 4.78 is 27.1. The van der Waals surface area contributed by atoms with Gasteiger partial charge in [0.05, 0.1) is 0 Å². The summed E-state index contributed by atoms with van der Waals surface area (Å²) in [6.07, 6.45) is 65.2. The minimum Gasteiger partial charge on any atom is -0.0654 e. The first-order chi connectivity index (χ1) is 30.2. The van der Waals surface area contributed by atoms with E-state index >= 15 is 0 Å². The molecule has 0 fully saturated rings. The van der Waals surface area contributed by atoms with Crippen LogP contribution in [0.4, 0.5) is 0 Å². The van der Waals surface area contributed by atoms with Crippen LogP contribution in [-0.4, -0.2) is 46.5 Å². The van der Waals surface area contributed by atoms with Gasteiger partial charge >= 0.3 is 316 Å². The Hall–Kier alpha value is 0.639. The minimum atomic E-state index is -4.15. The third kappa shape index (κ3) is 49.9. The molecule has 0 aromatic heterocycles. The molecule has 0 heterocycles. The SMILES string of the molecule is CCCCCCCCCCCCCC[O][Sn]([O]CCCCCCCCCCCCCC)([O]CCCCCCCCCCCCCC)[O]CCCCCCCCCCCCCC. The summed E-state index contributed by atoms with van der Waals surface area (Å²) in [6.45, 7) is 12.2. The minimum absolute atomic E-state index is 0.739. The maximum absolute atomic E-state index is 6.79.